The molecule has 0 unspecified atom stereocenters. The van der Waals surface area contributed by atoms with Crippen LogP contribution in [0.15, 0.2) is 12.2 Å². The van der Waals surface area contributed by atoms with Gasteiger partial charge < -0.3 is 24.8 Å². The lowest BCUT2D eigenvalue weighted by Crippen LogP contribution is -2.50. The van der Waals surface area contributed by atoms with Crippen LogP contribution in [0.1, 0.15) is 39.5 Å². The van der Waals surface area contributed by atoms with E-state index < -0.39 is 24.6 Å². The molecule has 0 aromatic rings. The molecule has 20 heavy (non-hydrogen) atoms. The van der Waals surface area contributed by atoms with Crippen molar-refractivity contribution >= 4 is 0 Å². The highest BCUT2D eigenvalue weighted by Gasteiger charge is 2.36. The van der Waals surface area contributed by atoms with Crippen LogP contribution in [0.4, 0.5) is 0 Å². The second-order valence-electron chi connectivity index (χ2n) is 5.62. The van der Waals surface area contributed by atoms with Crippen LogP contribution in [0.2, 0.25) is 0 Å². The maximum atomic E-state index is 9.64. The van der Waals surface area contributed by atoms with Crippen molar-refractivity contribution in [1.29, 1.82) is 0 Å². The molecule has 1 saturated heterocycles. The van der Waals surface area contributed by atoms with Crippen LogP contribution in [0.5, 0.6) is 0 Å². The van der Waals surface area contributed by atoms with Gasteiger partial charge in [-0.05, 0) is 25.2 Å². The molecule has 1 heterocycles. The van der Waals surface area contributed by atoms with Crippen molar-refractivity contribution in [3.05, 3.63) is 12.2 Å². The van der Waals surface area contributed by atoms with Crippen molar-refractivity contribution in [2.75, 3.05) is 13.2 Å². The molecule has 0 amide bonds. The Morgan fingerprint density at radius 1 is 1.30 bits per heavy atom. The molecule has 0 aliphatic carbocycles. The second kappa shape index (κ2) is 9.47. The summed E-state index contributed by atoms with van der Waals surface area (Å²) in [5.41, 5.74) is 0. The number of ether oxygens (including phenoxy) is 2. The normalized spacial score (nSPS) is 31.3. The lowest BCUT2D eigenvalue weighted by molar-refractivity contribution is -0.256. The Morgan fingerprint density at radius 2 is 2.05 bits per heavy atom. The van der Waals surface area contributed by atoms with E-state index in [0.717, 1.165) is 19.3 Å². The smallest absolute Gasteiger partial charge is 0.160 e. The summed E-state index contributed by atoms with van der Waals surface area (Å²) in [6.45, 7) is 4.54. The Hall–Kier alpha value is -0.460. The van der Waals surface area contributed by atoms with Gasteiger partial charge in [0, 0.05) is 13.0 Å². The third kappa shape index (κ3) is 6.33. The third-order valence-electron chi connectivity index (χ3n) is 3.31. The van der Waals surface area contributed by atoms with Crippen LogP contribution in [-0.4, -0.2) is 53.1 Å². The summed E-state index contributed by atoms with van der Waals surface area (Å²) in [7, 11) is 0. The van der Waals surface area contributed by atoms with E-state index >= 15 is 0 Å². The van der Waals surface area contributed by atoms with Crippen LogP contribution in [0.25, 0.3) is 0 Å². The van der Waals surface area contributed by atoms with E-state index in [4.69, 9.17) is 14.6 Å². The highest BCUT2D eigenvalue weighted by molar-refractivity contribution is 4.84. The maximum Gasteiger partial charge on any atom is 0.160 e. The van der Waals surface area contributed by atoms with Gasteiger partial charge in [0.25, 0.3) is 0 Å². The second-order valence-corrected chi connectivity index (χ2v) is 5.62. The summed E-state index contributed by atoms with van der Waals surface area (Å²) in [4.78, 5) is 0. The van der Waals surface area contributed by atoms with E-state index in [9.17, 15) is 10.2 Å². The van der Waals surface area contributed by atoms with E-state index in [-0.39, 0.29) is 13.0 Å². The summed E-state index contributed by atoms with van der Waals surface area (Å²) >= 11 is 0. The van der Waals surface area contributed by atoms with Crippen molar-refractivity contribution in [3.8, 4) is 0 Å². The number of hydrogen-bond donors (Lipinski definition) is 3. The van der Waals surface area contributed by atoms with Gasteiger partial charge in [0.05, 0.1) is 12.7 Å². The van der Waals surface area contributed by atoms with E-state index in [1.54, 1.807) is 0 Å². The topological polar surface area (TPSA) is 79.2 Å². The van der Waals surface area contributed by atoms with Gasteiger partial charge in [0.2, 0.25) is 0 Å². The summed E-state index contributed by atoms with van der Waals surface area (Å²) in [5, 5.41) is 28.3. The molecule has 0 bridgehead atoms. The van der Waals surface area contributed by atoms with Crippen LogP contribution >= 0.6 is 0 Å². The summed E-state index contributed by atoms with van der Waals surface area (Å²) < 4.78 is 10.9. The largest absolute Gasteiger partial charge is 0.394 e. The fourth-order valence-electron chi connectivity index (χ4n) is 2.12. The zero-order valence-corrected chi connectivity index (χ0v) is 12.4. The molecule has 0 aromatic carbocycles. The number of aliphatic hydroxyl groups excluding tert-OH is 3. The first kappa shape index (κ1) is 17.6. The maximum absolute atomic E-state index is 9.64. The first-order valence-electron chi connectivity index (χ1n) is 7.45. The summed E-state index contributed by atoms with van der Waals surface area (Å²) in [5.74, 6) is 0.588. The Kier molecular flexibility index (Phi) is 8.33. The molecule has 4 atom stereocenters. The number of allylic oxidation sites excluding steroid dienone is 2. The molecular weight excluding hydrogens is 260 g/mol. The molecule has 0 spiro atoms. The quantitative estimate of drug-likeness (QED) is 0.462. The van der Waals surface area contributed by atoms with Crippen molar-refractivity contribution in [2.24, 2.45) is 5.92 Å². The highest BCUT2D eigenvalue weighted by Crippen LogP contribution is 2.21. The molecule has 118 valence electrons. The van der Waals surface area contributed by atoms with Gasteiger partial charge in [-0.25, -0.2) is 0 Å². The molecule has 0 aromatic heterocycles. The fraction of sp³-hybridized carbons (Fsp3) is 0.867. The predicted molar refractivity (Wildman–Crippen MR) is 76.2 cm³/mol. The van der Waals surface area contributed by atoms with Gasteiger partial charge in [-0.2, -0.15) is 0 Å². The molecule has 5 nitrogen and oxygen atoms in total. The van der Waals surface area contributed by atoms with Crippen LogP contribution in [-0.2, 0) is 9.47 Å². The zero-order valence-electron chi connectivity index (χ0n) is 12.4. The van der Waals surface area contributed by atoms with E-state index in [1.807, 2.05) is 0 Å². The number of unbranched alkanes of at least 4 members (excludes halogenated alkanes) is 2. The van der Waals surface area contributed by atoms with Gasteiger partial charge >= 0.3 is 0 Å². The molecule has 5 heteroatoms. The molecule has 1 aliphatic heterocycles. The minimum Gasteiger partial charge on any atom is -0.394 e. The lowest BCUT2D eigenvalue weighted by Gasteiger charge is -2.36. The molecule has 1 aliphatic rings. The van der Waals surface area contributed by atoms with Crippen LogP contribution in [0.3, 0.4) is 0 Å². The zero-order chi connectivity index (χ0) is 15.0. The molecule has 1 rings (SSSR count). The van der Waals surface area contributed by atoms with E-state index in [0.29, 0.717) is 12.5 Å². The number of hydrogen-bond acceptors (Lipinski definition) is 5. The monoisotopic (exact) mass is 288 g/mol. The van der Waals surface area contributed by atoms with E-state index in [2.05, 4.69) is 26.0 Å². The average Bonchev–Trinajstić information content (AvgIpc) is 2.41. The van der Waals surface area contributed by atoms with Gasteiger partial charge in [-0.15, -0.1) is 0 Å². The Balaban J connectivity index is 2.13. The third-order valence-corrected chi connectivity index (χ3v) is 3.31. The molecule has 3 N–H and O–H groups in total. The Morgan fingerprint density at radius 3 is 2.70 bits per heavy atom. The highest BCUT2D eigenvalue weighted by atomic mass is 16.7. The minimum absolute atomic E-state index is 0.241. The predicted octanol–water partition coefficient (Wildman–Crippen LogP) is 1.21. The number of aliphatic hydroxyl groups is 3. The molecule has 1 fully saturated rings. The van der Waals surface area contributed by atoms with Crippen molar-refractivity contribution in [3.63, 3.8) is 0 Å². The van der Waals surface area contributed by atoms with Gasteiger partial charge in [0.15, 0.2) is 6.29 Å². The number of rotatable bonds is 8. The average molecular weight is 288 g/mol. The summed E-state index contributed by atoms with van der Waals surface area (Å²) in [6.07, 6.45) is 4.36. The first-order chi connectivity index (χ1) is 9.54. The Labute approximate surface area is 121 Å². The molecular formula is C15H28O5. The van der Waals surface area contributed by atoms with Gasteiger partial charge in [-0.3, -0.25) is 0 Å². The van der Waals surface area contributed by atoms with Gasteiger partial charge in [0.1, 0.15) is 12.2 Å². The fourth-order valence-corrected chi connectivity index (χ4v) is 2.12. The molecule has 0 radical (unpaired) electrons. The van der Waals surface area contributed by atoms with Crippen molar-refractivity contribution in [2.45, 2.75) is 64.1 Å². The minimum atomic E-state index is -1.04. The standard InChI is InChI=1S/C15H28O5/c1-11(2)7-5-3-4-6-8-19-14-9-12(17)15(18)13(10-16)20-14/h5,7,11-18H,3-4,6,8-10H2,1-2H3/b7-5+/t12-,13-,14-,15-/m1/s1. The Bertz CT molecular complexity index is 279. The van der Waals surface area contributed by atoms with Crippen LogP contribution in [0, 0.1) is 5.92 Å². The SMILES string of the molecule is CC(C)/C=C/CCCCO[C@H]1C[C@@H](O)[C@@H](O)[C@@H](CO)O1. The van der Waals surface area contributed by atoms with Crippen molar-refractivity contribution in [1.82, 2.24) is 0 Å². The first-order valence-corrected chi connectivity index (χ1v) is 7.45. The van der Waals surface area contributed by atoms with Gasteiger partial charge in [-0.1, -0.05) is 26.0 Å². The molecule has 0 saturated carbocycles. The van der Waals surface area contributed by atoms with Crippen molar-refractivity contribution < 1.29 is 24.8 Å². The van der Waals surface area contributed by atoms with E-state index in [1.165, 1.54) is 0 Å². The lowest BCUT2D eigenvalue weighted by atomic mass is 10.0. The van der Waals surface area contributed by atoms with Crippen LogP contribution < -0.4 is 0 Å². The summed E-state index contributed by atoms with van der Waals surface area (Å²) in [6, 6.07) is 0.